The summed E-state index contributed by atoms with van der Waals surface area (Å²) >= 11 is 0. The number of aliphatic hydroxyl groups excluding tert-OH is 1. The Bertz CT molecular complexity index is 459. The van der Waals surface area contributed by atoms with Gasteiger partial charge in [0.25, 0.3) is 0 Å². The van der Waals surface area contributed by atoms with E-state index in [0.717, 1.165) is 44.8 Å². The van der Waals surface area contributed by atoms with Crippen molar-refractivity contribution in [2.75, 3.05) is 39.3 Å². The van der Waals surface area contributed by atoms with Crippen LogP contribution in [0.1, 0.15) is 26.2 Å². The lowest BCUT2D eigenvalue weighted by Crippen LogP contribution is -2.50. The van der Waals surface area contributed by atoms with Crippen molar-refractivity contribution in [3.05, 3.63) is 30.3 Å². The van der Waals surface area contributed by atoms with Gasteiger partial charge in [-0.05, 0) is 25.0 Å². The molecule has 1 atom stereocenters. The molecule has 1 heterocycles. The van der Waals surface area contributed by atoms with E-state index in [1.807, 2.05) is 42.2 Å². The van der Waals surface area contributed by atoms with Gasteiger partial charge in [-0.2, -0.15) is 0 Å². The van der Waals surface area contributed by atoms with Gasteiger partial charge in [-0.1, -0.05) is 25.1 Å². The van der Waals surface area contributed by atoms with E-state index in [0.29, 0.717) is 19.6 Å². The second-order valence-corrected chi connectivity index (χ2v) is 6.01. The molecule has 5 nitrogen and oxygen atoms in total. The number of hydrogen-bond acceptors (Lipinski definition) is 4. The zero-order chi connectivity index (χ0) is 16.5. The van der Waals surface area contributed by atoms with Crippen molar-refractivity contribution < 1.29 is 14.6 Å². The molecule has 0 aromatic heterocycles. The van der Waals surface area contributed by atoms with Gasteiger partial charge in [0.05, 0.1) is 12.7 Å². The van der Waals surface area contributed by atoms with E-state index in [4.69, 9.17) is 4.74 Å². The molecule has 0 aliphatic carbocycles. The highest BCUT2D eigenvalue weighted by molar-refractivity contribution is 5.76. The van der Waals surface area contributed by atoms with Crippen LogP contribution in [0, 0.1) is 0 Å². The smallest absolute Gasteiger partial charge is 0.222 e. The molecular weight excluding hydrogens is 292 g/mol. The third kappa shape index (κ3) is 6.20. The number of β-amino-alcohol motifs (C(OH)–C–C–N with tert-alkyl or cyclic N) is 1. The Kier molecular flexibility index (Phi) is 7.36. The van der Waals surface area contributed by atoms with Crippen LogP contribution in [-0.2, 0) is 4.79 Å². The van der Waals surface area contributed by atoms with Crippen LogP contribution in [0.15, 0.2) is 30.3 Å². The highest BCUT2D eigenvalue weighted by Gasteiger charge is 2.21. The Morgan fingerprint density at radius 3 is 2.57 bits per heavy atom. The predicted octanol–water partition coefficient (Wildman–Crippen LogP) is 1.76. The van der Waals surface area contributed by atoms with Crippen molar-refractivity contribution in [1.29, 1.82) is 0 Å². The first kappa shape index (κ1) is 17.8. The van der Waals surface area contributed by atoms with Crippen molar-refractivity contribution in [3.8, 4) is 5.75 Å². The lowest BCUT2D eigenvalue weighted by Gasteiger charge is -2.35. The minimum Gasteiger partial charge on any atom is -0.494 e. The van der Waals surface area contributed by atoms with Crippen LogP contribution in [0.25, 0.3) is 0 Å². The number of piperazine rings is 1. The van der Waals surface area contributed by atoms with Crippen LogP contribution >= 0.6 is 0 Å². The van der Waals surface area contributed by atoms with E-state index >= 15 is 0 Å². The summed E-state index contributed by atoms with van der Waals surface area (Å²) in [5.41, 5.74) is 0. The number of aliphatic hydroxyl groups is 1. The number of para-hydroxylation sites is 1. The largest absolute Gasteiger partial charge is 0.494 e. The van der Waals surface area contributed by atoms with Crippen molar-refractivity contribution >= 4 is 5.91 Å². The molecule has 128 valence electrons. The molecule has 5 heteroatoms. The molecule has 1 aliphatic rings. The molecule has 1 saturated heterocycles. The third-order valence-electron chi connectivity index (χ3n) is 4.21. The summed E-state index contributed by atoms with van der Waals surface area (Å²) in [6, 6.07) is 9.68. The fourth-order valence-corrected chi connectivity index (χ4v) is 2.70. The second-order valence-electron chi connectivity index (χ2n) is 6.01. The Balaban J connectivity index is 1.60. The first-order valence-corrected chi connectivity index (χ1v) is 8.55. The Morgan fingerprint density at radius 1 is 1.22 bits per heavy atom. The van der Waals surface area contributed by atoms with Gasteiger partial charge >= 0.3 is 0 Å². The maximum atomic E-state index is 12.2. The average molecular weight is 320 g/mol. The number of nitrogens with zero attached hydrogens (tertiary/aromatic N) is 2. The maximum absolute atomic E-state index is 12.2. The van der Waals surface area contributed by atoms with E-state index in [1.54, 1.807) is 0 Å². The molecule has 0 spiro atoms. The number of amides is 1. The van der Waals surface area contributed by atoms with Gasteiger partial charge in [0.2, 0.25) is 5.91 Å². The van der Waals surface area contributed by atoms with Crippen molar-refractivity contribution in [2.45, 2.75) is 32.3 Å². The summed E-state index contributed by atoms with van der Waals surface area (Å²) in [5, 5.41) is 9.69. The number of benzene rings is 1. The molecule has 2 rings (SSSR count). The third-order valence-corrected chi connectivity index (χ3v) is 4.21. The molecule has 1 aliphatic heterocycles. The number of hydrogen-bond donors (Lipinski definition) is 1. The molecule has 0 radical (unpaired) electrons. The van der Waals surface area contributed by atoms with Gasteiger partial charge < -0.3 is 14.7 Å². The van der Waals surface area contributed by atoms with E-state index < -0.39 is 0 Å². The van der Waals surface area contributed by atoms with Gasteiger partial charge in [-0.15, -0.1) is 0 Å². The monoisotopic (exact) mass is 320 g/mol. The molecule has 1 amide bonds. The summed E-state index contributed by atoms with van der Waals surface area (Å²) in [6.07, 6.45) is 1.79. The highest BCUT2D eigenvalue weighted by Crippen LogP contribution is 2.10. The number of carbonyl (C=O) groups is 1. The number of ether oxygens (including phenoxy) is 1. The number of rotatable bonds is 8. The van der Waals surface area contributed by atoms with Crippen LogP contribution in [0.2, 0.25) is 0 Å². The minimum atomic E-state index is -0.257. The first-order chi connectivity index (χ1) is 11.2. The average Bonchev–Trinajstić information content (AvgIpc) is 2.60. The lowest BCUT2D eigenvalue weighted by molar-refractivity contribution is -0.133. The normalized spacial score (nSPS) is 17.0. The summed E-state index contributed by atoms with van der Waals surface area (Å²) in [5.74, 6) is 1.06. The summed E-state index contributed by atoms with van der Waals surface area (Å²) in [7, 11) is 0. The van der Waals surface area contributed by atoms with E-state index in [-0.39, 0.29) is 12.0 Å². The molecule has 0 saturated carbocycles. The van der Waals surface area contributed by atoms with E-state index in [9.17, 15) is 9.90 Å². The molecule has 0 bridgehead atoms. The maximum Gasteiger partial charge on any atom is 0.222 e. The zero-order valence-corrected chi connectivity index (χ0v) is 14.0. The fourth-order valence-electron chi connectivity index (χ4n) is 2.70. The molecular formula is C18H28N2O3. The minimum absolute atomic E-state index is 0.206. The summed E-state index contributed by atoms with van der Waals surface area (Å²) in [4.78, 5) is 16.4. The lowest BCUT2D eigenvalue weighted by atomic mass is 10.2. The molecule has 23 heavy (non-hydrogen) atoms. The first-order valence-electron chi connectivity index (χ1n) is 8.55. The van der Waals surface area contributed by atoms with Gasteiger partial charge in [0.1, 0.15) is 5.75 Å². The Hall–Kier alpha value is -1.59. The van der Waals surface area contributed by atoms with Crippen LogP contribution in [0.5, 0.6) is 5.75 Å². The molecule has 0 unspecified atom stereocenters. The highest BCUT2D eigenvalue weighted by atomic mass is 16.5. The standard InChI is InChI=1S/C18H28N2O3/c1-2-16(21)15-19-10-12-20(13-11-19)18(22)9-6-14-23-17-7-4-3-5-8-17/h3-5,7-8,16,21H,2,6,9-15H2,1H3/t16-/m1/s1. The Labute approximate surface area is 138 Å². The van der Waals surface area contributed by atoms with Gasteiger partial charge in [0.15, 0.2) is 0 Å². The topological polar surface area (TPSA) is 53.0 Å². The number of carbonyl (C=O) groups excluding carboxylic acids is 1. The summed E-state index contributed by atoms with van der Waals surface area (Å²) < 4.78 is 5.61. The van der Waals surface area contributed by atoms with Crippen molar-refractivity contribution in [3.63, 3.8) is 0 Å². The van der Waals surface area contributed by atoms with Crippen LogP contribution in [-0.4, -0.2) is 66.2 Å². The van der Waals surface area contributed by atoms with E-state index in [1.165, 1.54) is 0 Å². The molecule has 1 aromatic carbocycles. The summed E-state index contributed by atoms with van der Waals surface area (Å²) in [6.45, 7) is 6.49. The van der Waals surface area contributed by atoms with Crippen LogP contribution in [0.4, 0.5) is 0 Å². The van der Waals surface area contributed by atoms with Crippen molar-refractivity contribution in [1.82, 2.24) is 9.80 Å². The van der Waals surface area contributed by atoms with Crippen LogP contribution in [0.3, 0.4) is 0 Å². The Morgan fingerprint density at radius 2 is 1.91 bits per heavy atom. The fraction of sp³-hybridized carbons (Fsp3) is 0.611. The SMILES string of the molecule is CC[C@@H](O)CN1CCN(C(=O)CCCOc2ccccc2)CC1. The predicted molar refractivity (Wildman–Crippen MR) is 90.5 cm³/mol. The van der Waals surface area contributed by atoms with Crippen molar-refractivity contribution in [2.24, 2.45) is 0 Å². The van der Waals surface area contributed by atoms with Gasteiger partial charge in [-0.3, -0.25) is 9.69 Å². The molecule has 1 fully saturated rings. The van der Waals surface area contributed by atoms with E-state index in [2.05, 4.69) is 4.90 Å². The van der Waals surface area contributed by atoms with Gasteiger partial charge in [-0.25, -0.2) is 0 Å². The quantitative estimate of drug-likeness (QED) is 0.742. The van der Waals surface area contributed by atoms with Gasteiger partial charge in [0, 0.05) is 39.1 Å². The molecule has 1 N–H and O–H groups in total. The van der Waals surface area contributed by atoms with Crippen LogP contribution < -0.4 is 4.74 Å². The zero-order valence-electron chi connectivity index (χ0n) is 14.0. The molecule has 1 aromatic rings. The second kappa shape index (κ2) is 9.53.